The third-order valence-corrected chi connectivity index (χ3v) is 7.04. The molecule has 2 aliphatic heterocycles. The molecule has 0 radical (unpaired) electrons. The second-order valence-corrected chi connectivity index (χ2v) is 9.17. The van der Waals surface area contributed by atoms with Crippen LogP contribution in [0.25, 0.3) is 11.4 Å². The van der Waals surface area contributed by atoms with Gasteiger partial charge in [-0.05, 0) is 31.2 Å². The average Bonchev–Trinajstić information content (AvgIpc) is 3.45. The van der Waals surface area contributed by atoms with Gasteiger partial charge >= 0.3 is 0 Å². The highest BCUT2D eigenvalue weighted by Gasteiger charge is 2.47. The van der Waals surface area contributed by atoms with Crippen LogP contribution in [0.4, 0.5) is 21.7 Å². The Kier molecular flexibility index (Phi) is 6.24. The zero-order valence-electron chi connectivity index (χ0n) is 19.5. The molecule has 5 rings (SSSR count). The van der Waals surface area contributed by atoms with E-state index in [0.717, 1.165) is 18.7 Å². The zero-order chi connectivity index (χ0) is 24.6. The molecule has 4 heterocycles. The van der Waals surface area contributed by atoms with Gasteiger partial charge < -0.3 is 25.7 Å². The van der Waals surface area contributed by atoms with Crippen LogP contribution < -0.4 is 20.7 Å². The van der Waals surface area contributed by atoms with E-state index in [1.807, 2.05) is 12.1 Å². The number of alkyl halides is 1. The largest absolute Gasteiger partial charge is 0.493 e. The number of hydrogen-bond donors (Lipinski definition) is 4. The predicted molar refractivity (Wildman–Crippen MR) is 134 cm³/mol. The van der Waals surface area contributed by atoms with Crippen LogP contribution >= 0.6 is 11.6 Å². The van der Waals surface area contributed by atoms with Crippen molar-refractivity contribution in [2.75, 3.05) is 57.6 Å². The number of fused-ring (bicyclic) bond motifs is 2. The van der Waals surface area contributed by atoms with Gasteiger partial charge in [0.2, 0.25) is 5.95 Å². The van der Waals surface area contributed by atoms with Crippen LogP contribution in [0.15, 0.2) is 30.5 Å². The van der Waals surface area contributed by atoms with Gasteiger partial charge in [-0.25, -0.2) is 14.4 Å². The normalized spacial score (nSPS) is 19.5. The number of likely N-dealkylation sites (tertiary alicyclic amines) is 1. The van der Waals surface area contributed by atoms with Crippen molar-refractivity contribution in [1.29, 1.82) is 0 Å². The van der Waals surface area contributed by atoms with Crippen LogP contribution in [-0.4, -0.2) is 72.8 Å². The number of para-hydroxylation sites is 1. The molecule has 35 heavy (non-hydrogen) atoms. The number of aromatic amines is 1. The number of hydrogen-bond acceptors (Lipinski definition) is 7. The van der Waals surface area contributed by atoms with E-state index in [2.05, 4.69) is 35.8 Å². The van der Waals surface area contributed by atoms with Crippen molar-refractivity contribution in [2.45, 2.75) is 11.8 Å². The highest BCUT2D eigenvalue weighted by molar-refractivity contribution is 6.32. The van der Waals surface area contributed by atoms with E-state index in [4.69, 9.17) is 16.3 Å². The van der Waals surface area contributed by atoms with E-state index >= 15 is 0 Å². The summed E-state index contributed by atoms with van der Waals surface area (Å²) in [6.45, 7) is 1.86. The van der Waals surface area contributed by atoms with Crippen molar-refractivity contribution >= 4 is 34.8 Å². The van der Waals surface area contributed by atoms with Gasteiger partial charge in [0.05, 0.1) is 40.5 Å². The maximum absolute atomic E-state index is 13.3. The minimum atomic E-state index is -0.402. The number of ether oxygens (including phenoxy) is 1. The van der Waals surface area contributed by atoms with Crippen molar-refractivity contribution in [2.24, 2.45) is 0 Å². The summed E-state index contributed by atoms with van der Waals surface area (Å²) in [5.74, 6) is 0.730. The molecule has 4 N–H and O–H groups in total. The third-order valence-electron chi connectivity index (χ3n) is 6.74. The minimum absolute atomic E-state index is 0.191. The van der Waals surface area contributed by atoms with E-state index < -0.39 is 6.67 Å². The number of rotatable bonds is 7. The summed E-state index contributed by atoms with van der Waals surface area (Å²) >= 11 is 6.37. The van der Waals surface area contributed by atoms with Crippen LogP contribution in [0.1, 0.15) is 22.5 Å². The quantitative estimate of drug-likeness (QED) is 0.393. The molecule has 1 aromatic carbocycles. The molecule has 2 aliphatic rings. The number of anilines is 3. The molecule has 1 atom stereocenters. The molecule has 184 valence electrons. The van der Waals surface area contributed by atoms with E-state index in [1.54, 1.807) is 32.5 Å². The first-order valence-corrected chi connectivity index (χ1v) is 11.8. The first-order valence-electron chi connectivity index (χ1n) is 11.4. The Morgan fingerprint density at radius 2 is 2.20 bits per heavy atom. The van der Waals surface area contributed by atoms with Crippen LogP contribution in [0, 0.1) is 0 Å². The molecule has 9 nitrogen and oxygen atoms in total. The lowest BCUT2D eigenvalue weighted by Crippen LogP contribution is -2.48. The Morgan fingerprint density at radius 3 is 2.97 bits per heavy atom. The van der Waals surface area contributed by atoms with Crippen molar-refractivity contribution in [3.63, 3.8) is 0 Å². The summed E-state index contributed by atoms with van der Waals surface area (Å²) in [6.07, 6.45) is 2.46. The van der Waals surface area contributed by atoms with Crippen LogP contribution in [-0.2, 0) is 5.41 Å². The van der Waals surface area contributed by atoms with Gasteiger partial charge in [0.1, 0.15) is 6.67 Å². The number of benzene rings is 1. The Hall–Kier alpha value is -3.37. The monoisotopic (exact) mass is 499 g/mol. The highest BCUT2D eigenvalue weighted by Crippen LogP contribution is 2.46. The maximum Gasteiger partial charge on any atom is 0.255 e. The Bertz CT molecular complexity index is 1270. The fraction of sp³-hybridized carbons (Fsp3) is 0.375. The van der Waals surface area contributed by atoms with E-state index in [0.29, 0.717) is 64.7 Å². The number of aromatic nitrogens is 3. The van der Waals surface area contributed by atoms with Gasteiger partial charge in [-0.3, -0.25) is 9.69 Å². The van der Waals surface area contributed by atoms with Gasteiger partial charge in [-0.1, -0.05) is 17.7 Å². The van der Waals surface area contributed by atoms with Gasteiger partial charge in [0, 0.05) is 44.0 Å². The number of nitrogens with one attached hydrogen (secondary N) is 4. The summed E-state index contributed by atoms with van der Waals surface area (Å²) in [5.41, 5.74) is 3.43. The first kappa shape index (κ1) is 23.4. The molecule has 2 aromatic heterocycles. The van der Waals surface area contributed by atoms with Gasteiger partial charge in [-0.15, -0.1) is 0 Å². The Labute approximate surface area is 207 Å². The second kappa shape index (κ2) is 9.35. The minimum Gasteiger partial charge on any atom is -0.493 e. The van der Waals surface area contributed by atoms with E-state index in [9.17, 15) is 9.18 Å². The molecule has 1 saturated heterocycles. The second-order valence-electron chi connectivity index (χ2n) is 8.76. The number of H-pyrrole nitrogens is 1. The summed E-state index contributed by atoms with van der Waals surface area (Å²) in [6, 6.07) is 7.17. The predicted octanol–water partition coefficient (Wildman–Crippen LogP) is 3.58. The Balaban J connectivity index is 1.69. The van der Waals surface area contributed by atoms with Crippen LogP contribution in [0.2, 0.25) is 5.02 Å². The number of methoxy groups -OCH3 is 1. The fourth-order valence-corrected chi connectivity index (χ4v) is 5.30. The Morgan fingerprint density at radius 1 is 1.34 bits per heavy atom. The molecule has 3 aromatic rings. The average molecular weight is 500 g/mol. The molecule has 0 bridgehead atoms. The van der Waals surface area contributed by atoms with Crippen LogP contribution in [0.3, 0.4) is 0 Å². The fourth-order valence-electron chi connectivity index (χ4n) is 5.05. The molecule has 1 amide bonds. The first-order chi connectivity index (χ1) is 17.0. The number of halogens is 2. The molecule has 1 unspecified atom stereocenters. The van der Waals surface area contributed by atoms with E-state index in [1.165, 1.54) is 0 Å². The van der Waals surface area contributed by atoms with Crippen molar-refractivity contribution < 1.29 is 13.9 Å². The maximum atomic E-state index is 13.3. The lowest BCUT2D eigenvalue weighted by Gasteiger charge is -2.34. The molecular weight excluding hydrogens is 473 g/mol. The van der Waals surface area contributed by atoms with Crippen LogP contribution in [0.5, 0.6) is 5.75 Å². The molecular formula is C24H27ClFN7O2. The lowest BCUT2D eigenvalue weighted by molar-refractivity contribution is 0.0924. The number of nitrogens with zero attached hydrogens (tertiary/aromatic N) is 3. The molecule has 1 spiro atoms. The number of carbonyl (C=O) groups excluding carboxylic acids is 1. The highest BCUT2D eigenvalue weighted by atomic mass is 35.5. The summed E-state index contributed by atoms with van der Waals surface area (Å²) in [4.78, 5) is 27.7. The molecule has 11 heteroatoms. The van der Waals surface area contributed by atoms with E-state index in [-0.39, 0.29) is 11.3 Å². The lowest BCUT2D eigenvalue weighted by atomic mass is 9.79. The standard InChI is InChI=1S/C24H27ClFN7O2/c1-27-23-28-9-6-15(31-23)18-19(30-16-5-3-4-14(25)20(16)35-2)17-21(32-18)24(12-29-22(17)34)7-10-33(13-24)11-8-26/h3-6,9,30,32H,7-8,10-13H2,1-2H3,(H,29,34)(H,27,28,31). The SMILES string of the molecule is CNc1nccc(-c2[nH]c3c(c2Nc2cccc(Cl)c2OC)C(=O)NCC32CCN(CCF)C2)n1. The van der Waals surface area contributed by atoms with Gasteiger partial charge in [-0.2, -0.15) is 0 Å². The van der Waals surface area contributed by atoms with Crippen molar-refractivity contribution in [3.05, 3.63) is 46.7 Å². The van der Waals surface area contributed by atoms with Gasteiger partial charge in [0.25, 0.3) is 5.91 Å². The number of carbonyl (C=O) groups is 1. The summed E-state index contributed by atoms with van der Waals surface area (Å²) in [5, 5.41) is 9.86. The van der Waals surface area contributed by atoms with Gasteiger partial charge in [0.15, 0.2) is 5.75 Å². The number of amides is 1. The van der Waals surface area contributed by atoms with Crippen molar-refractivity contribution in [3.8, 4) is 17.1 Å². The summed E-state index contributed by atoms with van der Waals surface area (Å²) in [7, 11) is 3.29. The molecule has 0 aliphatic carbocycles. The molecule has 1 fully saturated rings. The zero-order valence-corrected chi connectivity index (χ0v) is 20.3. The topological polar surface area (TPSA) is 107 Å². The molecule has 0 saturated carbocycles. The van der Waals surface area contributed by atoms with Crippen molar-refractivity contribution in [1.82, 2.24) is 25.2 Å². The summed E-state index contributed by atoms with van der Waals surface area (Å²) < 4.78 is 18.6. The third kappa shape index (κ3) is 4.06. The smallest absolute Gasteiger partial charge is 0.255 e.